The van der Waals surface area contributed by atoms with E-state index < -0.39 is 15.9 Å². The molecule has 0 unspecified atom stereocenters. The van der Waals surface area contributed by atoms with Crippen LogP contribution in [0.15, 0.2) is 69.5 Å². The molecule has 4 rings (SSSR count). The second-order valence-corrected chi connectivity index (χ2v) is 10.5. The number of amides is 1. The summed E-state index contributed by atoms with van der Waals surface area (Å²) in [5, 5.41) is 12.3. The highest BCUT2D eigenvalue weighted by Crippen LogP contribution is 2.28. The third-order valence-electron chi connectivity index (χ3n) is 6.17. The van der Waals surface area contributed by atoms with E-state index in [-0.39, 0.29) is 10.5 Å². The Hall–Kier alpha value is -4.11. The minimum Gasteiger partial charge on any atom is -0.493 e. The Bertz CT molecular complexity index is 1480. The molecule has 10 nitrogen and oxygen atoms in total. The molecule has 1 fully saturated rings. The first-order chi connectivity index (χ1) is 18.8. The normalized spacial score (nSPS) is 14.4. The first kappa shape index (κ1) is 27.9. The van der Waals surface area contributed by atoms with Gasteiger partial charge < -0.3 is 23.9 Å². The molecule has 204 valence electrons. The third-order valence-corrected chi connectivity index (χ3v) is 8.09. The van der Waals surface area contributed by atoms with Crippen LogP contribution in [0.4, 0.5) is 0 Å². The van der Waals surface area contributed by atoms with Crippen molar-refractivity contribution in [3.8, 4) is 28.9 Å². The summed E-state index contributed by atoms with van der Waals surface area (Å²) in [6, 6.07) is 17.1. The van der Waals surface area contributed by atoms with E-state index in [1.165, 1.54) is 22.5 Å². The van der Waals surface area contributed by atoms with E-state index in [2.05, 4.69) is 5.32 Å². The number of nitrogens with zero attached hydrogens (tertiary/aromatic N) is 2. The molecule has 0 radical (unpaired) electrons. The van der Waals surface area contributed by atoms with Crippen LogP contribution in [0.3, 0.4) is 0 Å². The van der Waals surface area contributed by atoms with Crippen LogP contribution in [0.2, 0.25) is 0 Å². The standard InChI is InChI=1S/C28H29N3O7S/c1-35-26-9-3-20(17-27(26)36-2)11-12-30-28(32)22(19-29)18-23-6-10-25(38-23)21-4-7-24(8-5-21)39(33,34)31-13-15-37-16-14-31/h3-10,17-18H,11-16H2,1-2H3,(H,30,32). The van der Waals surface area contributed by atoms with Crippen LogP contribution in [-0.2, 0) is 26.0 Å². The summed E-state index contributed by atoms with van der Waals surface area (Å²) in [6.07, 6.45) is 1.90. The van der Waals surface area contributed by atoms with Crippen molar-refractivity contribution in [3.05, 3.63) is 71.5 Å². The highest BCUT2D eigenvalue weighted by Gasteiger charge is 2.26. The van der Waals surface area contributed by atoms with Crippen molar-refractivity contribution in [1.82, 2.24) is 9.62 Å². The Morgan fingerprint density at radius 2 is 1.77 bits per heavy atom. The van der Waals surface area contributed by atoms with Crippen LogP contribution >= 0.6 is 0 Å². The molecule has 1 N–H and O–H groups in total. The Morgan fingerprint density at radius 1 is 1.05 bits per heavy atom. The van der Waals surface area contributed by atoms with Gasteiger partial charge in [-0.15, -0.1) is 0 Å². The molecule has 1 saturated heterocycles. The number of carbonyl (C=O) groups excluding carboxylic acids is 1. The number of rotatable bonds is 10. The lowest BCUT2D eigenvalue weighted by atomic mass is 10.1. The van der Waals surface area contributed by atoms with Crippen LogP contribution in [0.1, 0.15) is 11.3 Å². The van der Waals surface area contributed by atoms with Crippen LogP contribution < -0.4 is 14.8 Å². The van der Waals surface area contributed by atoms with Gasteiger partial charge in [-0.1, -0.05) is 6.07 Å². The molecule has 11 heteroatoms. The molecule has 39 heavy (non-hydrogen) atoms. The number of hydrogen-bond donors (Lipinski definition) is 1. The summed E-state index contributed by atoms with van der Waals surface area (Å²) in [7, 11) is -0.480. The van der Waals surface area contributed by atoms with E-state index in [1.807, 2.05) is 18.2 Å². The summed E-state index contributed by atoms with van der Waals surface area (Å²) in [6.45, 7) is 1.71. The van der Waals surface area contributed by atoms with E-state index in [0.717, 1.165) is 5.56 Å². The van der Waals surface area contributed by atoms with Crippen molar-refractivity contribution in [1.29, 1.82) is 5.26 Å². The maximum atomic E-state index is 12.8. The monoisotopic (exact) mass is 551 g/mol. The van der Waals surface area contributed by atoms with Crippen molar-refractivity contribution < 1.29 is 31.8 Å². The Balaban J connectivity index is 1.38. The Labute approximate surface area is 227 Å². The number of benzene rings is 2. The molecule has 1 amide bonds. The van der Waals surface area contributed by atoms with Gasteiger partial charge in [0.05, 0.1) is 32.3 Å². The molecule has 3 aromatic rings. The number of sulfonamides is 1. The summed E-state index contributed by atoms with van der Waals surface area (Å²) < 4.78 is 48.6. The smallest absolute Gasteiger partial charge is 0.262 e. The molecule has 0 spiro atoms. The third kappa shape index (κ3) is 6.67. The van der Waals surface area contributed by atoms with Crippen molar-refractivity contribution in [2.24, 2.45) is 0 Å². The number of furan rings is 1. The van der Waals surface area contributed by atoms with E-state index in [4.69, 9.17) is 18.6 Å². The van der Waals surface area contributed by atoms with Gasteiger partial charge in [0, 0.05) is 31.3 Å². The van der Waals surface area contributed by atoms with Gasteiger partial charge in [-0.05, 0) is 60.5 Å². The van der Waals surface area contributed by atoms with Crippen molar-refractivity contribution in [2.45, 2.75) is 11.3 Å². The van der Waals surface area contributed by atoms with E-state index in [0.29, 0.717) is 67.9 Å². The molecule has 1 aliphatic rings. The minimum absolute atomic E-state index is 0.102. The van der Waals surface area contributed by atoms with E-state index in [1.54, 1.807) is 44.6 Å². The lowest BCUT2D eigenvalue weighted by molar-refractivity contribution is -0.117. The molecule has 0 saturated carbocycles. The summed E-state index contributed by atoms with van der Waals surface area (Å²) >= 11 is 0. The first-order valence-electron chi connectivity index (χ1n) is 12.2. The fraction of sp³-hybridized carbons (Fsp3) is 0.286. The number of morpholine rings is 1. The van der Waals surface area contributed by atoms with Gasteiger partial charge in [-0.2, -0.15) is 9.57 Å². The maximum Gasteiger partial charge on any atom is 0.262 e. The molecule has 2 heterocycles. The molecule has 0 aliphatic carbocycles. The quantitative estimate of drug-likeness (QED) is 0.300. The highest BCUT2D eigenvalue weighted by atomic mass is 32.2. The summed E-state index contributed by atoms with van der Waals surface area (Å²) in [4.78, 5) is 12.8. The zero-order valence-electron chi connectivity index (χ0n) is 21.7. The van der Waals surface area contributed by atoms with Crippen LogP contribution in [0, 0.1) is 11.3 Å². The van der Waals surface area contributed by atoms with Gasteiger partial charge in [0.2, 0.25) is 10.0 Å². The van der Waals surface area contributed by atoms with Gasteiger partial charge >= 0.3 is 0 Å². The van der Waals surface area contributed by atoms with Gasteiger partial charge in [0.25, 0.3) is 5.91 Å². The fourth-order valence-electron chi connectivity index (χ4n) is 4.06. The second-order valence-electron chi connectivity index (χ2n) is 8.61. The molecule has 1 aromatic heterocycles. The number of nitrogens with one attached hydrogen (secondary N) is 1. The molecule has 0 atom stereocenters. The number of hydrogen-bond acceptors (Lipinski definition) is 8. The minimum atomic E-state index is -3.60. The molecule has 2 aromatic carbocycles. The fourth-order valence-corrected chi connectivity index (χ4v) is 5.46. The average Bonchev–Trinajstić information content (AvgIpc) is 3.45. The van der Waals surface area contributed by atoms with Crippen molar-refractivity contribution in [2.75, 3.05) is 47.1 Å². The van der Waals surface area contributed by atoms with Gasteiger partial charge in [0.15, 0.2) is 11.5 Å². The molecule has 1 aliphatic heterocycles. The second kappa shape index (κ2) is 12.6. The van der Waals surface area contributed by atoms with Crippen LogP contribution in [0.25, 0.3) is 17.4 Å². The maximum absolute atomic E-state index is 12.8. The highest BCUT2D eigenvalue weighted by molar-refractivity contribution is 7.89. The number of ether oxygens (including phenoxy) is 3. The van der Waals surface area contributed by atoms with Gasteiger partial charge in [-0.3, -0.25) is 4.79 Å². The zero-order valence-corrected chi connectivity index (χ0v) is 22.5. The van der Waals surface area contributed by atoms with E-state index >= 15 is 0 Å². The number of nitriles is 1. The van der Waals surface area contributed by atoms with Gasteiger partial charge in [0.1, 0.15) is 23.2 Å². The number of methoxy groups -OCH3 is 2. The summed E-state index contributed by atoms with van der Waals surface area (Å²) in [5.41, 5.74) is 1.50. The largest absolute Gasteiger partial charge is 0.493 e. The Morgan fingerprint density at radius 3 is 2.44 bits per heavy atom. The first-order valence-corrected chi connectivity index (χ1v) is 13.7. The number of carbonyl (C=O) groups is 1. The van der Waals surface area contributed by atoms with E-state index in [9.17, 15) is 18.5 Å². The SMILES string of the molecule is COc1ccc(CCNC(=O)C(C#N)=Cc2ccc(-c3ccc(S(=O)(=O)N4CCOCC4)cc3)o2)cc1OC. The average molecular weight is 552 g/mol. The lowest BCUT2D eigenvalue weighted by Crippen LogP contribution is -2.40. The van der Waals surface area contributed by atoms with Crippen LogP contribution in [-0.4, -0.2) is 65.7 Å². The molecule has 0 bridgehead atoms. The summed E-state index contributed by atoms with van der Waals surface area (Å²) in [5.74, 6) is 1.49. The topological polar surface area (TPSA) is 131 Å². The zero-order chi connectivity index (χ0) is 27.8. The molecular weight excluding hydrogens is 522 g/mol. The lowest BCUT2D eigenvalue weighted by Gasteiger charge is -2.26. The predicted molar refractivity (Wildman–Crippen MR) is 144 cm³/mol. The molecular formula is C28H29N3O7S. The van der Waals surface area contributed by atoms with Crippen molar-refractivity contribution in [3.63, 3.8) is 0 Å². The van der Waals surface area contributed by atoms with Gasteiger partial charge in [-0.25, -0.2) is 8.42 Å². The predicted octanol–water partition coefficient (Wildman–Crippen LogP) is 3.25. The van der Waals surface area contributed by atoms with Crippen LogP contribution in [0.5, 0.6) is 11.5 Å². The Kier molecular flexibility index (Phi) is 9.03. The van der Waals surface area contributed by atoms with Crippen molar-refractivity contribution >= 4 is 22.0 Å².